The summed E-state index contributed by atoms with van der Waals surface area (Å²) in [6, 6.07) is 14.2. The molecule has 11 heteroatoms. The van der Waals surface area contributed by atoms with E-state index in [1.165, 1.54) is 6.92 Å². The van der Waals surface area contributed by atoms with Crippen LogP contribution in [0.25, 0.3) is 11.3 Å². The molecule has 0 saturated heterocycles. The van der Waals surface area contributed by atoms with Gasteiger partial charge >= 0.3 is 0 Å². The number of methoxy groups -OCH3 is 2. The lowest BCUT2D eigenvalue weighted by atomic mass is 9.96. The van der Waals surface area contributed by atoms with Crippen molar-refractivity contribution in [3.8, 4) is 22.8 Å². The van der Waals surface area contributed by atoms with Crippen molar-refractivity contribution >= 4 is 41.1 Å². The van der Waals surface area contributed by atoms with Gasteiger partial charge in [-0.2, -0.15) is 0 Å². The Morgan fingerprint density at radius 2 is 1.36 bits per heavy atom. The molecule has 1 heterocycles. The highest BCUT2D eigenvalue weighted by molar-refractivity contribution is 7.80. The first-order valence-corrected chi connectivity index (χ1v) is 11.4. The molecule has 0 aliphatic heterocycles. The van der Waals surface area contributed by atoms with Crippen LogP contribution in [-0.4, -0.2) is 40.9 Å². The van der Waals surface area contributed by atoms with Gasteiger partial charge in [0.2, 0.25) is 0 Å². The van der Waals surface area contributed by atoms with Crippen molar-refractivity contribution < 1.29 is 19.1 Å². The number of thiocarbonyl (C=S) groups is 1. The zero-order chi connectivity index (χ0) is 27.4. The number of aromatic amines is 2. The third-order valence-electron chi connectivity index (χ3n) is 4.94. The SMILES string of the molecule is COc1ccc(-c2[nH]c(=S)[nH]c(=O)c2C)cc1.COc1ccc(C(=O)C(C)C(C)=O)cc1.NC(N)=S. The van der Waals surface area contributed by atoms with Gasteiger partial charge in [-0.1, -0.05) is 0 Å². The number of hydrogen-bond acceptors (Lipinski definition) is 7. The largest absolute Gasteiger partial charge is 0.497 e. The minimum absolute atomic E-state index is 0.000000000000000222. The highest BCUT2D eigenvalue weighted by Gasteiger charge is 2.18. The zero-order valence-corrected chi connectivity index (χ0v) is 22.3. The summed E-state index contributed by atoms with van der Waals surface area (Å²) >= 11 is 9.05. The summed E-state index contributed by atoms with van der Waals surface area (Å²) in [7, 11) is 3.18. The monoisotopic (exact) mass is 530 g/mol. The minimum atomic E-state index is -0.571. The van der Waals surface area contributed by atoms with E-state index in [1.807, 2.05) is 24.3 Å². The van der Waals surface area contributed by atoms with E-state index in [-0.39, 0.29) is 22.2 Å². The molecule has 0 saturated carbocycles. The molecular formula is C25H30N4O5S2. The van der Waals surface area contributed by atoms with E-state index in [0.29, 0.717) is 21.6 Å². The quantitative estimate of drug-likeness (QED) is 0.212. The van der Waals surface area contributed by atoms with Crippen molar-refractivity contribution in [2.75, 3.05) is 14.2 Å². The van der Waals surface area contributed by atoms with E-state index >= 15 is 0 Å². The van der Waals surface area contributed by atoms with E-state index in [4.69, 9.17) is 21.7 Å². The number of benzene rings is 2. The summed E-state index contributed by atoms with van der Waals surface area (Å²) in [5.74, 6) is 0.635. The summed E-state index contributed by atoms with van der Waals surface area (Å²) in [6.07, 6.45) is 0. The predicted octanol–water partition coefficient (Wildman–Crippen LogP) is 3.71. The molecule has 0 fully saturated rings. The maximum atomic E-state index is 11.7. The Morgan fingerprint density at radius 3 is 1.78 bits per heavy atom. The summed E-state index contributed by atoms with van der Waals surface area (Å²) in [5, 5.41) is 0.000000000000000222. The van der Waals surface area contributed by atoms with E-state index in [0.717, 1.165) is 17.0 Å². The standard InChI is InChI=1S/C12H12N2O2S.C12H14O3.CH4N2S/c1-7-10(13-12(17)14-11(7)15)8-3-5-9(16-2)6-4-8;1-8(9(2)13)12(14)10-4-6-11(15-3)7-5-10;2-1(3)4/h3-6H,1-2H3,(H2,13,14,15,17);4-8H,1-3H3;(H4,2,3,4). The maximum absolute atomic E-state index is 11.7. The van der Waals surface area contributed by atoms with Crippen molar-refractivity contribution in [1.29, 1.82) is 0 Å². The molecule has 36 heavy (non-hydrogen) atoms. The van der Waals surface area contributed by atoms with E-state index in [2.05, 4.69) is 33.7 Å². The molecule has 1 atom stereocenters. The van der Waals surface area contributed by atoms with Crippen LogP contribution in [0.4, 0.5) is 0 Å². The molecule has 0 spiro atoms. The fraction of sp³-hybridized carbons (Fsp3) is 0.240. The summed E-state index contributed by atoms with van der Waals surface area (Å²) < 4.78 is 10.4. The molecular weight excluding hydrogens is 500 g/mol. The Labute approximate surface area is 219 Å². The van der Waals surface area contributed by atoms with Crippen LogP contribution in [-0.2, 0) is 4.79 Å². The number of aromatic nitrogens is 2. The lowest BCUT2D eigenvalue weighted by Gasteiger charge is -2.07. The zero-order valence-electron chi connectivity index (χ0n) is 20.7. The molecule has 3 aromatic rings. The maximum Gasteiger partial charge on any atom is 0.255 e. The minimum Gasteiger partial charge on any atom is -0.497 e. The van der Waals surface area contributed by atoms with Crippen LogP contribution in [0.2, 0.25) is 0 Å². The summed E-state index contributed by atoms with van der Waals surface area (Å²) in [5.41, 5.74) is 11.9. The number of rotatable bonds is 6. The number of carbonyl (C=O) groups is 2. The van der Waals surface area contributed by atoms with Crippen LogP contribution in [0.3, 0.4) is 0 Å². The molecule has 0 aliphatic carbocycles. The third kappa shape index (κ3) is 9.43. The van der Waals surface area contributed by atoms with E-state index < -0.39 is 5.92 Å². The van der Waals surface area contributed by atoms with Gasteiger partial charge in [-0.3, -0.25) is 19.4 Å². The topological polar surface area (TPSA) is 153 Å². The van der Waals surface area contributed by atoms with Gasteiger partial charge in [0.25, 0.3) is 5.56 Å². The number of H-pyrrole nitrogens is 2. The number of nitrogens with two attached hydrogens (primary N) is 2. The van der Waals surface area contributed by atoms with Crippen molar-refractivity contribution in [2.45, 2.75) is 20.8 Å². The van der Waals surface area contributed by atoms with Crippen LogP contribution < -0.4 is 26.5 Å². The molecule has 0 amide bonds. The molecule has 0 aliphatic rings. The lowest BCUT2D eigenvalue weighted by Crippen LogP contribution is -2.18. The van der Waals surface area contributed by atoms with Crippen molar-refractivity contribution in [3.05, 3.63) is 74.8 Å². The average Bonchev–Trinajstić information content (AvgIpc) is 2.85. The Bertz CT molecular complexity index is 1300. The highest BCUT2D eigenvalue weighted by Crippen LogP contribution is 2.21. The molecule has 9 nitrogen and oxygen atoms in total. The number of nitrogens with one attached hydrogen (secondary N) is 2. The Hall–Kier alpha value is -3.83. The number of Topliss-reactive ketones (excluding diaryl/α,β-unsaturated/α-hetero) is 2. The van der Waals surface area contributed by atoms with E-state index in [1.54, 1.807) is 52.3 Å². The Morgan fingerprint density at radius 1 is 0.917 bits per heavy atom. The highest BCUT2D eigenvalue weighted by atomic mass is 32.1. The molecule has 3 rings (SSSR count). The number of ketones is 2. The van der Waals surface area contributed by atoms with Crippen LogP contribution in [0.15, 0.2) is 53.3 Å². The van der Waals surface area contributed by atoms with Gasteiger partial charge in [0.15, 0.2) is 15.7 Å². The normalized spacial score (nSPS) is 10.5. The van der Waals surface area contributed by atoms with Crippen LogP contribution in [0.5, 0.6) is 11.5 Å². The van der Waals surface area contributed by atoms with Gasteiger partial charge in [-0.05, 0) is 99.3 Å². The van der Waals surface area contributed by atoms with Crippen LogP contribution >= 0.6 is 24.4 Å². The number of carbonyl (C=O) groups excluding carboxylic acids is 2. The molecule has 1 aromatic heterocycles. The van der Waals surface area contributed by atoms with Crippen molar-refractivity contribution in [1.82, 2.24) is 9.97 Å². The van der Waals surface area contributed by atoms with E-state index in [9.17, 15) is 14.4 Å². The van der Waals surface area contributed by atoms with Gasteiger partial charge in [-0.25, -0.2) is 0 Å². The van der Waals surface area contributed by atoms with Gasteiger partial charge in [-0.15, -0.1) is 0 Å². The average molecular weight is 531 g/mol. The van der Waals surface area contributed by atoms with Crippen LogP contribution in [0, 0.1) is 17.6 Å². The molecule has 6 N–H and O–H groups in total. The summed E-state index contributed by atoms with van der Waals surface area (Å²) in [6.45, 7) is 4.80. The van der Waals surface area contributed by atoms with Crippen molar-refractivity contribution in [2.24, 2.45) is 17.4 Å². The van der Waals surface area contributed by atoms with Crippen LogP contribution in [0.1, 0.15) is 29.8 Å². The first-order chi connectivity index (χ1) is 16.9. The van der Waals surface area contributed by atoms with Gasteiger partial charge < -0.3 is 25.9 Å². The molecule has 0 radical (unpaired) electrons. The molecule has 1 unspecified atom stereocenters. The van der Waals surface area contributed by atoms with Crippen molar-refractivity contribution in [3.63, 3.8) is 0 Å². The third-order valence-corrected chi connectivity index (χ3v) is 5.14. The van der Waals surface area contributed by atoms with Gasteiger partial charge in [0.05, 0.1) is 25.8 Å². The summed E-state index contributed by atoms with van der Waals surface area (Å²) in [4.78, 5) is 39.9. The Balaban J connectivity index is 0.000000316. The number of ether oxygens (including phenoxy) is 2. The lowest BCUT2D eigenvalue weighted by molar-refractivity contribution is -0.118. The number of hydrogen-bond donors (Lipinski definition) is 4. The smallest absolute Gasteiger partial charge is 0.255 e. The molecule has 2 aromatic carbocycles. The predicted molar refractivity (Wildman–Crippen MR) is 147 cm³/mol. The second kappa shape index (κ2) is 14.5. The first kappa shape index (κ1) is 30.2. The van der Waals surface area contributed by atoms with Gasteiger partial charge in [0, 0.05) is 11.1 Å². The van der Waals surface area contributed by atoms with Gasteiger partial charge in [0.1, 0.15) is 17.3 Å². The second-order valence-corrected chi connectivity index (χ2v) is 8.34. The molecule has 192 valence electrons. The fourth-order valence-electron chi connectivity index (χ4n) is 2.79. The fourth-order valence-corrected chi connectivity index (χ4v) is 2.98. The Kier molecular flexibility index (Phi) is 12.2. The molecule has 0 bridgehead atoms. The second-order valence-electron chi connectivity index (χ2n) is 7.46. The first-order valence-electron chi connectivity index (χ1n) is 10.6.